The minimum absolute atomic E-state index is 0.0272. The Morgan fingerprint density at radius 1 is 1.45 bits per heavy atom. The van der Waals surface area contributed by atoms with E-state index in [1.54, 1.807) is 24.3 Å². The Labute approximate surface area is 126 Å². The monoisotopic (exact) mass is 304 g/mol. The van der Waals surface area contributed by atoms with Gasteiger partial charge in [-0.15, -0.1) is 0 Å². The number of benzene rings is 1. The normalized spacial score (nSPS) is 11.7. The molecular weight excluding hydrogens is 288 g/mol. The van der Waals surface area contributed by atoms with Gasteiger partial charge in [0.05, 0.1) is 13.0 Å². The van der Waals surface area contributed by atoms with Crippen molar-refractivity contribution < 1.29 is 19.4 Å². The second-order valence-corrected chi connectivity index (χ2v) is 4.70. The highest BCUT2D eigenvalue weighted by molar-refractivity contribution is 6.05. The summed E-state index contributed by atoms with van der Waals surface area (Å²) < 4.78 is 5.09. The van der Waals surface area contributed by atoms with Crippen molar-refractivity contribution in [2.75, 3.05) is 18.6 Å². The van der Waals surface area contributed by atoms with E-state index in [0.29, 0.717) is 11.3 Å². The first-order valence-corrected chi connectivity index (χ1v) is 6.57. The number of carboxylic acids is 1. The molecule has 0 saturated carbocycles. The third-order valence-corrected chi connectivity index (χ3v) is 3.10. The van der Waals surface area contributed by atoms with Crippen molar-refractivity contribution in [2.45, 2.75) is 6.92 Å². The van der Waals surface area contributed by atoms with E-state index < -0.39 is 11.9 Å². The number of carboxylic acid groups (broad SMARTS) is 1. The van der Waals surface area contributed by atoms with Crippen molar-refractivity contribution in [3.8, 4) is 5.75 Å². The van der Waals surface area contributed by atoms with Gasteiger partial charge < -0.3 is 9.84 Å². The van der Waals surface area contributed by atoms with Gasteiger partial charge in [0.15, 0.2) is 0 Å². The highest BCUT2D eigenvalue weighted by Gasteiger charge is 2.25. The lowest BCUT2D eigenvalue weighted by Crippen LogP contribution is -2.37. The Bertz CT molecular complexity index is 657. The van der Waals surface area contributed by atoms with Gasteiger partial charge in [0.1, 0.15) is 12.1 Å². The van der Waals surface area contributed by atoms with E-state index in [1.807, 2.05) is 0 Å². The third kappa shape index (κ3) is 3.40. The lowest BCUT2D eigenvalue weighted by atomic mass is 10.1. The molecule has 1 amide bonds. The summed E-state index contributed by atoms with van der Waals surface area (Å²) in [5.74, 6) is -1.40. The Hall–Kier alpha value is -2.90. The van der Waals surface area contributed by atoms with E-state index in [9.17, 15) is 9.59 Å². The molecule has 8 nitrogen and oxygen atoms in total. The van der Waals surface area contributed by atoms with Gasteiger partial charge in [-0.05, 0) is 18.2 Å². The molecule has 0 spiro atoms. The molecule has 0 bridgehead atoms. The fourth-order valence-electron chi connectivity index (χ4n) is 1.86. The summed E-state index contributed by atoms with van der Waals surface area (Å²) in [6.45, 7) is 1.49. The van der Waals surface area contributed by atoms with Crippen LogP contribution in [0.2, 0.25) is 0 Å². The molecule has 2 aromatic rings. The number of amides is 1. The number of nitrogens with one attached hydrogen (secondary N) is 1. The van der Waals surface area contributed by atoms with E-state index in [0.717, 1.165) is 0 Å². The first kappa shape index (κ1) is 15.5. The molecule has 1 atom stereocenters. The van der Waals surface area contributed by atoms with Crippen LogP contribution in [0.15, 0.2) is 30.6 Å². The summed E-state index contributed by atoms with van der Waals surface area (Å²) in [6.07, 6.45) is 1.26. The van der Waals surface area contributed by atoms with Crippen LogP contribution in [0.5, 0.6) is 5.75 Å². The van der Waals surface area contributed by atoms with Crippen LogP contribution in [0.4, 0.5) is 5.95 Å². The first-order chi connectivity index (χ1) is 10.5. The number of hydrogen-bond acceptors (Lipinski definition) is 5. The standard InChI is InChI=1S/C14H16N4O4/c1-9(13(20)21)7-18(14-15-8-16-17-14)12(19)10-4-3-5-11(6-10)22-2/h3-6,8-9H,7H2,1-2H3,(H,20,21)(H,15,16,17). The van der Waals surface area contributed by atoms with Crippen LogP contribution in [0.25, 0.3) is 0 Å². The van der Waals surface area contributed by atoms with Crippen LogP contribution in [0.1, 0.15) is 17.3 Å². The Balaban J connectivity index is 2.31. The number of methoxy groups -OCH3 is 1. The van der Waals surface area contributed by atoms with Crippen molar-refractivity contribution in [1.29, 1.82) is 0 Å². The molecule has 1 unspecified atom stereocenters. The maximum absolute atomic E-state index is 12.7. The number of ether oxygens (including phenoxy) is 1. The van der Waals surface area contributed by atoms with Crippen molar-refractivity contribution in [3.63, 3.8) is 0 Å². The number of H-pyrrole nitrogens is 1. The van der Waals surface area contributed by atoms with E-state index in [4.69, 9.17) is 9.84 Å². The second kappa shape index (κ2) is 6.70. The molecule has 0 saturated heterocycles. The minimum atomic E-state index is -0.997. The molecule has 2 N–H and O–H groups in total. The predicted molar refractivity (Wildman–Crippen MR) is 77.9 cm³/mol. The predicted octanol–water partition coefficient (Wildman–Crippen LogP) is 1.18. The van der Waals surface area contributed by atoms with Crippen LogP contribution >= 0.6 is 0 Å². The van der Waals surface area contributed by atoms with E-state index in [-0.39, 0.29) is 18.4 Å². The minimum Gasteiger partial charge on any atom is -0.497 e. The Morgan fingerprint density at radius 3 is 2.82 bits per heavy atom. The number of aromatic amines is 1. The number of aliphatic carboxylic acids is 1. The highest BCUT2D eigenvalue weighted by Crippen LogP contribution is 2.18. The van der Waals surface area contributed by atoms with Crippen molar-refractivity contribution in [2.24, 2.45) is 5.92 Å². The SMILES string of the molecule is COc1cccc(C(=O)N(CC(C)C(=O)O)c2ncn[nH]2)c1. The molecule has 22 heavy (non-hydrogen) atoms. The number of anilines is 1. The van der Waals surface area contributed by atoms with Crippen LogP contribution in [-0.2, 0) is 4.79 Å². The topological polar surface area (TPSA) is 108 Å². The molecule has 0 aliphatic carbocycles. The van der Waals surface area contributed by atoms with Gasteiger partial charge in [-0.25, -0.2) is 5.10 Å². The summed E-state index contributed by atoms with van der Waals surface area (Å²) >= 11 is 0. The number of hydrogen-bond donors (Lipinski definition) is 2. The van der Waals surface area contributed by atoms with Crippen LogP contribution in [0, 0.1) is 5.92 Å². The second-order valence-electron chi connectivity index (χ2n) is 4.70. The lowest BCUT2D eigenvalue weighted by molar-refractivity contribution is -0.140. The van der Waals surface area contributed by atoms with Gasteiger partial charge in [0.2, 0.25) is 5.95 Å². The summed E-state index contributed by atoms with van der Waals surface area (Å²) in [5, 5.41) is 15.3. The fraction of sp³-hybridized carbons (Fsp3) is 0.286. The first-order valence-electron chi connectivity index (χ1n) is 6.57. The summed E-state index contributed by atoms with van der Waals surface area (Å²) in [6, 6.07) is 6.61. The largest absolute Gasteiger partial charge is 0.497 e. The average Bonchev–Trinajstić information content (AvgIpc) is 3.05. The number of rotatable bonds is 6. The Morgan fingerprint density at radius 2 is 2.23 bits per heavy atom. The van der Waals surface area contributed by atoms with Crippen LogP contribution < -0.4 is 9.64 Å². The Kier molecular flexibility index (Phi) is 4.72. The van der Waals surface area contributed by atoms with Gasteiger partial charge in [-0.2, -0.15) is 10.1 Å². The van der Waals surface area contributed by atoms with Gasteiger partial charge in [0.25, 0.3) is 5.91 Å². The third-order valence-electron chi connectivity index (χ3n) is 3.10. The number of carbonyl (C=O) groups is 2. The molecule has 8 heteroatoms. The molecule has 0 radical (unpaired) electrons. The molecule has 2 rings (SSSR count). The summed E-state index contributed by atoms with van der Waals surface area (Å²) in [7, 11) is 1.50. The maximum atomic E-state index is 12.7. The molecule has 116 valence electrons. The van der Waals surface area contributed by atoms with Gasteiger partial charge in [0, 0.05) is 12.1 Å². The summed E-state index contributed by atoms with van der Waals surface area (Å²) in [4.78, 5) is 28.9. The van der Waals surface area contributed by atoms with Crippen molar-refractivity contribution in [1.82, 2.24) is 15.2 Å². The smallest absolute Gasteiger partial charge is 0.308 e. The van der Waals surface area contributed by atoms with Crippen molar-refractivity contribution >= 4 is 17.8 Å². The summed E-state index contributed by atoms with van der Waals surface area (Å²) in [5.41, 5.74) is 0.369. The van der Waals surface area contributed by atoms with E-state index >= 15 is 0 Å². The van der Waals surface area contributed by atoms with Crippen LogP contribution in [-0.4, -0.2) is 45.8 Å². The lowest BCUT2D eigenvalue weighted by Gasteiger charge is -2.21. The quantitative estimate of drug-likeness (QED) is 0.829. The van der Waals surface area contributed by atoms with Gasteiger partial charge in [-0.1, -0.05) is 13.0 Å². The molecule has 1 aromatic carbocycles. The molecule has 0 aliphatic heterocycles. The van der Waals surface area contributed by atoms with Crippen LogP contribution in [0.3, 0.4) is 0 Å². The maximum Gasteiger partial charge on any atom is 0.308 e. The number of carbonyl (C=O) groups excluding carboxylic acids is 1. The van der Waals surface area contributed by atoms with Crippen molar-refractivity contribution in [3.05, 3.63) is 36.2 Å². The van der Waals surface area contributed by atoms with Gasteiger partial charge >= 0.3 is 5.97 Å². The molecule has 0 aliphatic rings. The molecule has 1 aromatic heterocycles. The van der Waals surface area contributed by atoms with E-state index in [1.165, 1.54) is 25.3 Å². The van der Waals surface area contributed by atoms with Gasteiger partial charge in [-0.3, -0.25) is 14.5 Å². The number of nitrogens with zero attached hydrogens (tertiary/aromatic N) is 3. The fourth-order valence-corrected chi connectivity index (χ4v) is 1.86. The zero-order chi connectivity index (χ0) is 16.1. The van der Waals surface area contributed by atoms with E-state index in [2.05, 4.69) is 15.2 Å². The molecule has 1 heterocycles. The average molecular weight is 304 g/mol. The highest BCUT2D eigenvalue weighted by atomic mass is 16.5. The molecular formula is C14H16N4O4. The zero-order valence-corrected chi connectivity index (χ0v) is 12.2. The molecule has 0 fully saturated rings. The number of aromatic nitrogens is 3. The zero-order valence-electron chi connectivity index (χ0n) is 12.2.